The minimum absolute atomic E-state index is 0.0421. The van der Waals surface area contributed by atoms with Gasteiger partial charge in [-0.05, 0) is 40.3 Å². The second-order valence-corrected chi connectivity index (χ2v) is 6.55. The second kappa shape index (κ2) is 8.77. The molecular weight excluding hydrogens is 302 g/mol. The maximum atomic E-state index is 9.23. The van der Waals surface area contributed by atoms with Crippen LogP contribution in [0.5, 0.6) is 0 Å². The normalized spacial score (nSPS) is 19.3. The molecule has 0 saturated carbocycles. The van der Waals surface area contributed by atoms with E-state index in [-0.39, 0.29) is 5.92 Å². The predicted molar refractivity (Wildman–Crippen MR) is 90.7 cm³/mol. The highest BCUT2D eigenvalue weighted by Gasteiger charge is 2.28. The van der Waals surface area contributed by atoms with Gasteiger partial charge in [0.25, 0.3) is 0 Å². The molecule has 0 spiro atoms. The zero-order valence-electron chi connectivity index (χ0n) is 14.9. The molecule has 0 aliphatic carbocycles. The zero-order chi connectivity index (χ0) is 17.5. The summed E-state index contributed by atoms with van der Waals surface area (Å²) in [6.45, 7) is 8.54. The quantitative estimate of drug-likeness (QED) is 0.719. The maximum Gasteiger partial charge on any atom is 0.147 e. The van der Waals surface area contributed by atoms with Crippen LogP contribution in [-0.2, 0) is 13.1 Å². The minimum atomic E-state index is -0.0421. The van der Waals surface area contributed by atoms with Crippen LogP contribution in [0.2, 0.25) is 0 Å². The van der Waals surface area contributed by atoms with E-state index in [9.17, 15) is 5.26 Å². The van der Waals surface area contributed by atoms with Gasteiger partial charge in [-0.2, -0.15) is 10.5 Å². The molecule has 1 saturated heterocycles. The van der Waals surface area contributed by atoms with Crippen LogP contribution in [0.25, 0.3) is 0 Å². The molecule has 0 unspecified atom stereocenters. The van der Waals surface area contributed by atoms with Crippen LogP contribution in [0.1, 0.15) is 37.8 Å². The fraction of sp³-hybridized carbons (Fsp3) is 0.765. The summed E-state index contributed by atoms with van der Waals surface area (Å²) in [6, 6.07) is 4.94. The van der Waals surface area contributed by atoms with Crippen molar-refractivity contribution in [1.82, 2.24) is 24.6 Å². The first-order valence-electron chi connectivity index (χ1n) is 8.66. The van der Waals surface area contributed by atoms with E-state index >= 15 is 0 Å². The molecular formula is C17H27N7. The lowest BCUT2D eigenvalue weighted by Gasteiger charge is -2.25. The van der Waals surface area contributed by atoms with E-state index in [0.717, 1.165) is 50.8 Å². The largest absolute Gasteiger partial charge is 0.314 e. The van der Waals surface area contributed by atoms with Crippen molar-refractivity contribution in [1.29, 1.82) is 10.5 Å². The van der Waals surface area contributed by atoms with E-state index in [0.29, 0.717) is 18.9 Å². The molecule has 0 radical (unpaired) electrons. The third-order valence-corrected chi connectivity index (χ3v) is 4.86. The first-order chi connectivity index (χ1) is 11.6. The van der Waals surface area contributed by atoms with E-state index in [1.807, 2.05) is 6.92 Å². The lowest BCUT2D eigenvalue weighted by molar-refractivity contribution is 0.212. The van der Waals surface area contributed by atoms with E-state index in [4.69, 9.17) is 5.26 Å². The van der Waals surface area contributed by atoms with Crippen LogP contribution in [0, 0.1) is 35.5 Å². The number of rotatable bonds is 8. The average molecular weight is 329 g/mol. The fourth-order valence-corrected chi connectivity index (χ4v) is 3.39. The SMILES string of the molecule is CCn1c(C)nnc1CN(C)[C@H]1CCN(C[C@@H](C#N)CCC#N)C1. The van der Waals surface area contributed by atoms with Crippen molar-refractivity contribution in [3.05, 3.63) is 11.6 Å². The smallest absolute Gasteiger partial charge is 0.147 e. The Morgan fingerprint density at radius 3 is 2.83 bits per heavy atom. The number of nitriles is 2. The van der Waals surface area contributed by atoms with Crippen LogP contribution >= 0.6 is 0 Å². The molecule has 24 heavy (non-hydrogen) atoms. The molecule has 1 aromatic heterocycles. The van der Waals surface area contributed by atoms with Gasteiger partial charge in [0.2, 0.25) is 0 Å². The molecule has 1 fully saturated rings. The first-order valence-corrected chi connectivity index (χ1v) is 8.66. The Hall–Kier alpha value is -1.96. The van der Waals surface area contributed by atoms with E-state index in [1.54, 1.807) is 0 Å². The average Bonchev–Trinajstić information content (AvgIpc) is 3.18. The highest BCUT2D eigenvalue weighted by Crippen LogP contribution is 2.19. The number of hydrogen-bond acceptors (Lipinski definition) is 6. The fourth-order valence-electron chi connectivity index (χ4n) is 3.39. The number of aryl methyl sites for hydroxylation is 1. The van der Waals surface area contributed by atoms with Crippen LogP contribution in [-0.4, -0.2) is 57.3 Å². The van der Waals surface area contributed by atoms with Gasteiger partial charge in [0.15, 0.2) is 0 Å². The third kappa shape index (κ3) is 4.53. The number of aromatic nitrogens is 3. The van der Waals surface area contributed by atoms with Gasteiger partial charge in [0.05, 0.1) is 24.6 Å². The number of likely N-dealkylation sites (N-methyl/N-ethyl adjacent to an activating group) is 1. The van der Waals surface area contributed by atoms with Crippen LogP contribution < -0.4 is 0 Å². The molecule has 0 aromatic carbocycles. The van der Waals surface area contributed by atoms with Gasteiger partial charge in [-0.15, -0.1) is 10.2 Å². The zero-order valence-corrected chi connectivity index (χ0v) is 14.9. The number of nitrogens with zero attached hydrogens (tertiary/aromatic N) is 7. The van der Waals surface area contributed by atoms with Gasteiger partial charge < -0.3 is 9.47 Å². The van der Waals surface area contributed by atoms with Gasteiger partial charge >= 0.3 is 0 Å². The predicted octanol–water partition coefficient (Wildman–Crippen LogP) is 1.56. The molecule has 7 nitrogen and oxygen atoms in total. The molecule has 1 aliphatic rings. The van der Waals surface area contributed by atoms with Crippen LogP contribution in [0.4, 0.5) is 0 Å². The van der Waals surface area contributed by atoms with E-state index in [2.05, 4.69) is 50.7 Å². The Morgan fingerprint density at radius 1 is 1.38 bits per heavy atom. The summed E-state index contributed by atoms with van der Waals surface area (Å²) in [5, 5.41) is 26.4. The second-order valence-electron chi connectivity index (χ2n) is 6.55. The third-order valence-electron chi connectivity index (χ3n) is 4.86. The molecule has 7 heteroatoms. The Bertz CT molecular complexity index is 609. The summed E-state index contributed by atoms with van der Waals surface area (Å²) in [7, 11) is 2.13. The summed E-state index contributed by atoms with van der Waals surface area (Å²) in [5.41, 5.74) is 0. The summed E-state index contributed by atoms with van der Waals surface area (Å²) >= 11 is 0. The van der Waals surface area contributed by atoms with Gasteiger partial charge in [-0.25, -0.2) is 0 Å². The van der Waals surface area contributed by atoms with E-state index in [1.165, 1.54) is 0 Å². The van der Waals surface area contributed by atoms with Crippen molar-refractivity contribution >= 4 is 0 Å². The summed E-state index contributed by atoms with van der Waals surface area (Å²) in [5.74, 6) is 1.93. The standard InChI is InChI=1S/C17H27N7/c1-4-24-14(2)20-21-17(24)13-22(3)16-7-9-23(12-16)11-15(10-19)6-5-8-18/h15-16H,4-7,9,11-13H2,1-3H3/t15-,16+/m1/s1. The van der Waals surface area contributed by atoms with Crippen LogP contribution in [0.15, 0.2) is 0 Å². The first kappa shape index (κ1) is 18.4. The Balaban J connectivity index is 1.86. The lowest BCUT2D eigenvalue weighted by Crippen LogP contribution is -2.36. The Kier molecular flexibility index (Phi) is 6.72. The molecule has 0 N–H and O–H groups in total. The van der Waals surface area contributed by atoms with Crippen molar-refractivity contribution < 1.29 is 0 Å². The molecule has 2 heterocycles. The van der Waals surface area contributed by atoms with Crippen molar-refractivity contribution in [2.45, 2.75) is 52.2 Å². The van der Waals surface area contributed by atoms with E-state index < -0.39 is 0 Å². The summed E-state index contributed by atoms with van der Waals surface area (Å²) in [4.78, 5) is 4.69. The number of hydrogen-bond donors (Lipinski definition) is 0. The Morgan fingerprint density at radius 2 is 2.17 bits per heavy atom. The molecule has 0 amide bonds. The monoisotopic (exact) mass is 329 g/mol. The molecule has 1 aromatic rings. The van der Waals surface area contributed by atoms with Crippen molar-refractivity contribution in [2.24, 2.45) is 5.92 Å². The highest BCUT2D eigenvalue weighted by atomic mass is 15.3. The number of likely N-dealkylation sites (tertiary alicyclic amines) is 1. The van der Waals surface area contributed by atoms with Gasteiger partial charge in [0, 0.05) is 32.1 Å². The van der Waals surface area contributed by atoms with Gasteiger partial charge in [-0.1, -0.05) is 0 Å². The maximum absolute atomic E-state index is 9.23. The molecule has 2 rings (SSSR count). The van der Waals surface area contributed by atoms with Crippen molar-refractivity contribution in [3.8, 4) is 12.1 Å². The summed E-state index contributed by atoms with van der Waals surface area (Å²) in [6.07, 6.45) is 2.23. The van der Waals surface area contributed by atoms with Crippen molar-refractivity contribution in [3.63, 3.8) is 0 Å². The summed E-state index contributed by atoms with van der Waals surface area (Å²) < 4.78 is 2.15. The van der Waals surface area contributed by atoms with Gasteiger partial charge in [-0.3, -0.25) is 4.90 Å². The molecule has 1 aliphatic heterocycles. The van der Waals surface area contributed by atoms with Gasteiger partial charge in [0.1, 0.15) is 11.6 Å². The molecule has 130 valence electrons. The lowest BCUT2D eigenvalue weighted by atomic mass is 10.1. The molecule has 0 bridgehead atoms. The Labute approximate surface area is 144 Å². The minimum Gasteiger partial charge on any atom is -0.314 e. The molecule has 2 atom stereocenters. The topological polar surface area (TPSA) is 84.8 Å². The highest BCUT2D eigenvalue weighted by molar-refractivity contribution is 4.96. The van der Waals surface area contributed by atoms with Crippen LogP contribution in [0.3, 0.4) is 0 Å². The van der Waals surface area contributed by atoms with Crippen molar-refractivity contribution in [2.75, 3.05) is 26.7 Å².